The van der Waals surface area contributed by atoms with Crippen LogP contribution in [-0.4, -0.2) is 42.7 Å². The molecule has 0 amide bonds. The summed E-state index contributed by atoms with van der Waals surface area (Å²) in [4.78, 5) is 27.5. The predicted molar refractivity (Wildman–Crippen MR) is 106 cm³/mol. The van der Waals surface area contributed by atoms with Gasteiger partial charge in [-0.05, 0) is 57.0 Å². The Hall–Kier alpha value is -2.93. The molecule has 0 atom stereocenters. The van der Waals surface area contributed by atoms with E-state index in [9.17, 15) is 4.79 Å². The van der Waals surface area contributed by atoms with Gasteiger partial charge in [0.05, 0.1) is 17.1 Å². The summed E-state index contributed by atoms with van der Waals surface area (Å²) < 4.78 is 1.61. The number of nitrogens with zero attached hydrogens (tertiary/aromatic N) is 6. The number of rotatable bonds is 5. The molecular weight excluding hydrogens is 352 g/mol. The summed E-state index contributed by atoms with van der Waals surface area (Å²) in [6.07, 6.45) is 9.24. The van der Waals surface area contributed by atoms with Gasteiger partial charge < -0.3 is 0 Å². The van der Waals surface area contributed by atoms with Crippen molar-refractivity contribution in [3.63, 3.8) is 0 Å². The van der Waals surface area contributed by atoms with Crippen LogP contribution in [0.15, 0.2) is 53.8 Å². The van der Waals surface area contributed by atoms with Gasteiger partial charge in [0.1, 0.15) is 0 Å². The summed E-state index contributed by atoms with van der Waals surface area (Å²) in [6.45, 7) is 5.44. The summed E-state index contributed by atoms with van der Waals surface area (Å²) in [7, 11) is 0. The first-order chi connectivity index (χ1) is 13.7. The topological polar surface area (TPSA) is 76.8 Å². The Balaban J connectivity index is 1.37. The van der Waals surface area contributed by atoms with Gasteiger partial charge in [0.2, 0.25) is 0 Å². The molecule has 4 rings (SSSR count). The van der Waals surface area contributed by atoms with E-state index in [0.29, 0.717) is 12.5 Å². The molecule has 1 aliphatic heterocycles. The van der Waals surface area contributed by atoms with Crippen molar-refractivity contribution < 1.29 is 0 Å². The van der Waals surface area contributed by atoms with Crippen molar-refractivity contribution in [3.05, 3.63) is 70.8 Å². The minimum Gasteiger partial charge on any atom is -0.297 e. The van der Waals surface area contributed by atoms with Crippen LogP contribution in [0.5, 0.6) is 0 Å². The van der Waals surface area contributed by atoms with E-state index in [1.54, 1.807) is 29.2 Å². The summed E-state index contributed by atoms with van der Waals surface area (Å²) in [6, 6.07) is 7.19. The lowest BCUT2D eigenvalue weighted by atomic mass is 9.96. The zero-order valence-electron chi connectivity index (χ0n) is 16.0. The molecule has 28 heavy (non-hydrogen) atoms. The van der Waals surface area contributed by atoms with Crippen LogP contribution in [0, 0.1) is 12.8 Å². The molecule has 0 unspecified atom stereocenters. The van der Waals surface area contributed by atoms with E-state index in [2.05, 4.69) is 25.0 Å². The van der Waals surface area contributed by atoms with Crippen LogP contribution in [0.3, 0.4) is 0 Å². The van der Waals surface area contributed by atoms with Crippen molar-refractivity contribution in [1.82, 2.24) is 29.6 Å². The Morgan fingerprint density at radius 1 is 1.04 bits per heavy atom. The van der Waals surface area contributed by atoms with Gasteiger partial charge in [-0.15, -0.1) is 0 Å². The van der Waals surface area contributed by atoms with Crippen LogP contribution < -0.4 is 5.56 Å². The lowest BCUT2D eigenvalue weighted by molar-refractivity contribution is 0.162. The first-order valence-electron chi connectivity index (χ1n) is 9.66. The molecule has 0 spiro atoms. The zero-order chi connectivity index (χ0) is 19.3. The molecular formula is C21H24N6O. The lowest BCUT2D eigenvalue weighted by Gasteiger charge is -2.31. The highest BCUT2D eigenvalue weighted by molar-refractivity contribution is 5.56. The average molecular weight is 376 g/mol. The van der Waals surface area contributed by atoms with E-state index in [1.807, 2.05) is 31.5 Å². The van der Waals surface area contributed by atoms with Crippen LogP contribution in [-0.2, 0) is 13.1 Å². The quantitative estimate of drug-likeness (QED) is 0.680. The minimum absolute atomic E-state index is 0.0461. The Morgan fingerprint density at radius 2 is 1.82 bits per heavy atom. The monoisotopic (exact) mass is 376 g/mol. The summed E-state index contributed by atoms with van der Waals surface area (Å²) >= 11 is 0. The average Bonchev–Trinajstić information content (AvgIpc) is 2.73. The van der Waals surface area contributed by atoms with Crippen LogP contribution in [0.25, 0.3) is 11.3 Å². The lowest BCUT2D eigenvalue weighted by Crippen LogP contribution is -2.36. The second-order valence-electron chi connectivity index (χ2n) is 7.34. The second-order valence-corrected chi connectivity index (χ2v) is 7.34. The highest BCUT2D eigenvalue weighted by Gasteiger charge is 2.21. The third kappa shape index (κ3) is 4.48. The first-order valence-corrected chi connectivity index (χ1v) is 9.66. The summed E-state index contributed by atoms with van der Waals surface area (Å²) in [5.41, 5.74) is 3.67. The highest BCUT2D eigenvalue weighted by Crippen LogP contribution is 2.20. The molecule has 1 fully saturated rings. The molecule has 0 bridgehead atoms. The number of likely N-dealkylation sites (tertiary alicyclic amines) is 1. The maximum atomic E-state index is 12.3. The summed E-state index contributed by atoms with van der Waals surface area (Å²) in [5.74, 6) is 0.457. The molecule has 0 N–H and O–H groups in total. The van der Waals surface area contributed by atoms with Gasteiger partial charge in [-0.3, -0.25) is 24.6 Å². The number of aryl methyl sites for hydroxylation is 1. The maximum Gasteiger partial charge on any atom is 0.266 e. The van der Waals surface area contributed by atoms with Gasteiger partial charge in [-0.2, -0.15) is 5.10 Å². The van der Waals surface area contributed by atoms with E-state index in [-0.39, 0.29) is 5.56 Å². The van der Waals surface area contributed by atoms with Crippen LogP contribution in [0.1, 0.15) is 24.2 Å². The smallest absolute Gasteiger partial charge is 0.266 e. The molecule has 0 saturated carbocycles. The van der Waals surface area contributed by atoms with E-state index in [0.717, 1.165) is 55.1 Å². The summed E-state index contributed by atoms with van der Waals surface area (Å²) in [5, 5.41) is 4.58. The fourth-order valence-corrected chi connectivity index (χ4v) is 3.56. The standard InChI is InChI=1S/C21H24N6O/c1-16-12-24-19(13-23-16)15-26-10-6-17(7-11-26)14-27-21(28)3-2-20(25-27)18-4-8-22-9-5-18/h2-5,8-9,12-13,17H,6-7,10-11,14-15H2,1H3. The second kappa shape index (κ2) is 8.39. The van der Waals surface area contributed by atoms with Gasteiger partial charge in [0.25, 0.3) is 5.56 Å². The van der Waals surface area contributed by atoms with Crippen molar-refractivity contribution in [2.75, 3.05) is 13.1 Å². The number of aromatic nitrogens is 5. The Kier molecular flexibility index (Phi) is 5.53. The Bertz CT molecular complexity index is 962. The predicted octanol–water partition coefficient (Wildman–Crippen LogP) is 2.32. The van der Waals surface area contributed by atoms with Crippen LogP contribution in [0.2, 0.25) is 0 Å². The SMILES string of the molecule is Cc1cnc(CN2CCC(Cn3nc(-c4ccncc4)ccc3=O)CC2)cn1. The number of hydrogen-bond acceptors (Lipinski definition) is 6. The third-order valence-electron chi connectivity index (χ3n) is 5.20. The molecule has 144 valence electrons. The molecule has 7 heteroatoms. The molecule has 0 aromatic carbocycles. The Labute approximate surface area is 164 Å². The minimum atomic E-state index is -0.0461. The largest absolute Gasteiger partial charge is 0.297 e. The molecule has 3 aromatic rings. The first kappa shape index (κ1) is 18.4. The fraction of sp³-hybridized carbons (Fsp3) is 0.381. The molecule has 0 radical (unpaired) electrons. The van der Waals surface area contributed by atoms with Gasteiger partial charge in [0, 0.05) is 49.5 Å². The van der Waals surface area contributed by atoms with E-state index >= 15 is 0 Å². The van der Waals surface area contributed by atoms with Crippen molar-refractivity contribution in [3.8, 4) is 11.3 Å². The van der Waals surface area contributed by atoms with Crippen molar-refractivity contribution in [2.45, 2.75) is 32.9 Å². The molecule has 0 aliphatic carbocycles. The normalized spacial score (nSPS) is 15.6. The van der Waals surface area contributed by atoms with E-state index in [1.165, 1.54) is 0 Å². The molecule has 7 nitrogen and oxygen atoms in total. The van der Waals surface area contributed by atoms with Gasteiger partial charge in [-0.25, -0.2) is 4.68 Å². The van der Waals surface area contributed by atoms with E-state index < -0.39 is 0 Å². The fourth-order valence-electron chi connectivity index (χ4n) is 3.56. The zero-order valence-corrected chi connectivity index (χ0v) is 16.0. The van der Waals surface area contributed by atoms with Crippen molar-refractivity contribution in [1.29, 1.82) is 0 Å². The highest BCUT2D eigenvalue weighted by atomic mass is 16.1. The van der Waals surface area contributed by atoms with Crippen molar-refractivity contribution >= 4 is 0 Å². The molecule has 3 aromatic heterocycles. The number of hydrogen-bond donors (Lipinski definition) is 0. The van der Waals surface area contributed by atoms with Crippen molar-refractivity contribution in [2.24, 2.45) is 5.92 Å². The molecule has 1 saturated heterocycles. The molecule has 1 aliphatic rings. The molecule has 4 heterocycles. The van der Waals surface area contributed by atoms with Crippen LogP contribution >= 0.6 is 0 Å². The maximum absolute atomic E-state index is 12.3. The third-order valence-corrected chi connectivity index (χ3v) is 5.20. The van der Waals surface area contributed by atoms with Crippen LogP contribution in [0.4, 0.5) is 0 Å². The Morgan fingerprint density at radius 3 is 2.54 bits per heavy atom. The van der Waals surface area contributed by atoms with Gasteiger partial charge in [0.15, 0.2) is 0 Å². The number of piperidine rings is 1. The number of pyridine rings is 1. The van der Waals surface area contributed by atoms with Gasteiger partial charge >= 0.3 is 0 Å². The van der Waals surface area contributed by atoms with Gasteiger partial charge in [-0.1, -0.05) is 0 Å². The van der Waals surface area contributed by atoms with E-state index in [4.69, 9.17) is 0 Å².